The molecule has 0 bridgehead atoms. The minimum absolute atomic E-state index is 0.0940. The van der Waals surface area contributed by atoms with Gasteiger partial charge < -0.3 is 9.80 Å². The molecular formula is C17H24N6O2. The second-order valence-electron chi connectivity index (χ2n) is 7.09. The zero-order chi connectivity index (χ0) is 17.4. The summed E-state index contributed by atoms with van der Waals surface area (Å²) in [4.78, 5) is 17.9. The van der Waals surface area contributed by atoms with E-state index in [1.807, 2.05) is 0 Å². The lowest BCUT2D eigenvalue weighted by molar-refractivity contribution is -0.384. The van der Waals surface area contributed by atoms with Gasteiger partial charge in [-0.05, 0) is 26.0 Å². The van der Waals surface area contributed by atoms with Crippen LogP contribution in [0.5, 0.6) is 0 Å². The second-order valence-corrected chi connectivity index (χ2v) is 7.09. The van der Waals surface area contributed by atoms with Crippen LogP contribution in [0.2, 0.25) is 0 Å². The summed E-state index contributed by atoms with van der Waals surface area (Å²) in [5.74, 6) is 0.918. The molecule has 0 atom stereocenters. The number of nitrogens with one attached hydrogen (secondary N) is 1. The molecule has 1 aromatic carbocycles. The van der Waals surface area contributed by atoms with E-state index >= 15 is 0 Å². The molecular weight excluding hydrogens is 320 g/mol. The first-order valence-corrected chi connectivity index (χ1v) is 8.92. The number of nitro benzene ring substituents is 1. The summed E-state index contributed by atoms with van der Waals surface area (Å²) < 4.78 is 0. The number of hydrogen-bond acceptors (Lipinski definition) is 6. The van der Waals surface area contributed by atoms with E-state index < -0.39 is 0 Å². The summed E-state index contributed by atoms with van der Waals surface area (Å²) in [5.41, 5.74) is 0.821. The Morgan fingerprint density at radius 2 is 1.88 bits per heavy atom. The molecule has 134 valence electrons. The van der Waals surface area contributed by atoms with Gasteiger partial charge in [-0.25, -0.2) is 0 Å². The van der Waals surface area contributed by atoms with E-state index in [9.17, 15) is 10.1 Å². The van der Waals surface area contributed by atoms with Crippen molar-refractivity contribution in [2.75, 3.05) is 51.2 Å². The molecule has 0 spiro atoms. The van der Waals surface area contributed by atoms with E-state index in [0.29, 0.717) is 6.04 Å². The highest BCUT2D eigenvalue weighted by Crippen LogP contribution is 2.30. The van der Waals surface area contributed by atoms with Gasteiger partial charge in [-0.1, -0.05) is 0 Å². The summed E-state index contributed by atoms with van der Waals surface area (Å²) in [6.45, 7) is 6.60. The van der Waals surface area contributed by atoms with Crippen molar-refractivity contribution in [3.63, 3.8) is 0 Å². The topological polar surface area (TPSA) is 81.5 Å². The van der Waals surface area contributed by atoms with Crippen LogP contribution in [-0.4, -0.2) is 77.3 Å². The van der Waals surface area contributed by atoms with Crippen molar-refractivity contribution >= 4 is 22.4 Å². The first-order chi connectivity index (χ1) is 12.1. The lowest BCUT2D eigenvalue weighted by Gasteiger charge is -2.42. The first-order valence-electron chi connectivity index (χ1n) is 8.92. The van der Waals surface area contributed by atoms with Crippen molar-refractivity contribution in [1.29, 1.82) is 0 Å². The van der Waals surface area contributed by atoms with Gasteiger partial charge in [-0.2, -0.15) is 5.10 Å². The number of hydrogen-bond donors (Lipinski definition) is 1. The van der Waals surface area contributed by atoms with Gasteiger partial charge in [0.2, 0.25) is 0 Å². The molecule has 25 heavy (non-hydrogen) atoms. The fraction of sp³-hybridized carbons (Fsp3) is 0.588. The number of aromatic amines is 1. The van der Waals surface area contributed by atoms with E-state index in [-0.39, 0.29) is 10.6 Å². The molecule has 0 saturated carbocycles. The van der Waals surface area contributed by atoms with Crippen LogP contribution in [0.25, 0.3) is 10.9 Å². The quantitative estimate of drug-likeness (QED) is 0.674. The Kier molecular flexibility index (Phi) is 4.30. The molecule has 2 aromatic rings. The molecule has 8 nitrogen and oxygen atoms in total. The van der Waals surface area contributed by atoms with Gasteiger partial charge in [0.15, 0.2) is 5.82 Å². The van der Waals surface area contributed by atoms with Crippen LogP contribution in [0, 0.1) is 10.1 Å². The van der Waals surface area contributed by atoms with Gasteiger partial charge in [-0.3, -0.25) is 20.1 Å². The maximum absolute atomic E-state index is 10.9. The lowest BCUT2D eigenvalue weighted by atomic mass is 10.0. The van der Waals surface area contributed by atoms with E-state index in [1.54, 1.807) is 18.2 Å². The van der Waals surface area contributed by atoms with Gasteiger partial charge in [0.1, 0.15) is 0 Å². The highest BCUT2D eigenvalue weighted by Gasteiger charge is 2.28. The van der Waals surface area contributed by atoms with Gasteiger partial charge in [0.05, 0.1) is 10.4 Å². The number of rotatable bonds is 3. The summed E-state index contributed by atoms with van der Waals surface area (Å²) >= 11 is 0. The normalized spacial score (nSPS) is 21.1. The molecule has 2 fully saturated rings. The number of nitrogens with zero attached hydrogens (tertiary/aromatic N) is 5. The number of piperazine rings is 1. The summed E-state index contributed by atoms with van der Waals surface area (Å²) in [6.07, 6.45) is 2.29. The van der Waals surface area contributed by atoms with Gasteiger partial charge in [-0.15, -0.1) is 0 Å². The van der Waals surface area contributed by atoms with Crippen LogP contribution in [0.4, 0.5) is 11.5 Å². The Bertz CT molecular complexity index is 760. The van der Waals surface area contributed by atoms with Crippen molar-refractivity contribution in [3.8, 4) is 0 Å². The molecule has 3 heterocycles. The molecule has 0 amide bonds. The largest absolute Gasteiger partial charge is 0.355 e. The minimum Gasteiger partial charge on any atom is -0.355 e. The highest BCUT2D eigenvalue weighted by atomic mass is 16.6. The van der Waals surface area contributed by atoms with Crippen LogP contribution in [-0.2, 0) is 0 Å². The van der Waals surface area contributed by atoms with Crippen molar-refractivity contribution < 1.29 is 4.92 Å². The molecule has 2 aliphatic rings. The predicted octanol–water partition coefficient (Wildman–Crippen LogP) is 1.69. The third-order valence-electron chi connectivity index (χ3n) is 5.56. The van der Waals surface area contributed by atoms with Crippen LogP contribution >= 0.6 is 0 Å². The predicted molar refractivity (Wildman–Crippen MR) is 97.1 cm³/mol. The van der Waals surface area contributed by atoms with Crippen LogP contribution < -0.4 is 4.90 Å². The average Bonchev–Trinajstić information content (AvgIpc) is 3.05. The van der Waals surface area contributed by atoms with E-state index in [4.69, 9.17) is 0 Å². The first kappa shape index (κ1) is 16.3. The van der Waals surface area contributed by atoms with Gasteiger partial charge >= 0.3 is 0 Å². The maximum atomic E-state index is 10.9. The van der Waals surface area contributed by atoms with Crippen LogP contribution in [0.3, 0.4) is 0 Å². The number of H-pyrrole nitrogens is 1. The number of fused-ring (bicyclic) bond motifs is 1. The average molecular weight is 344 g/mol. The fourth-order valence-electron chi connectivity index (χ4n) is 3.98. The van der Waals surface area contributed by atoms with Crippen molar-refractivity contribution in [2.45, 2.75) is 18.9 Å². The molecule has 2 saturated heterocycles. The van der Waals surface area contributed by atoms with E-state index in [1.165, 1.54) is 0 Å². The Balaban J connectivity index is 1.44. The summed E-state index contributed by atoms with van der Waals surface area (Å²) in [7, 11) is 2.19. The Morgan fingerprint density at radius 3 is 2.56 bits per heavy atom. The molecule has 1 N–H and O–H groups in total. The zero-order valence-electron chi connectivity index (χ0n) is 14.5. The number of piperidine rings is 1. The number of likely N-dealkylation sites (N-methyl/N-ethyl adjacent to an activating group) is 1. The smallest absolute Gasteiger partial charge is 0.271 e. The molecule has 8 heteroatoms. The number of nitro groups is 1. The summed E-state index contributed by atoms with van der Waals surface area (Å²) in [5, 5.41) is 19.2. The third kappa shape index (κ3) is 3.19. The molecule has 2 aliphatic heterocycles. The van der Waals surface area contributed by atoms with Crippen LogP contribution in [0.1, 0.15) is 12.8 Å². The van der Waals surface area contributed by atoms with Crippen molar-refractivity contribution in [2.24, 2.45) is 0 Å². The Morgan fingerprint density at radius 1 is 1.16 bits per heavy atom. The van der Waals surface area contributed by atoms with E-state index in [2.05, 4.69) is 31.9 Å². The standard InChI is InChI=1S/C17H24N6O2/c1-20-8-10-21(11-9-20)13-4-6-22(7-5-13)17-15-3-2-14(23(24)25)12-16(15)18-19-17/h2-3,12-13H,4-11H2,1H3,(H,18,19). The third-order valence-corrected chi connectivity index (χ3v) is 5.56. The number of non-ortho nitro benzene ring substituents is 1. The molecule has 0 radical (unpaired) electrons. The van der Waals surface area contributed by atoms with Gasteiger partial charge in [0.25, 0.3) is 5.69 Å². The molecule has 0 aliphatic carbocycles. The maximum Gasteiger partial charge on any atom is 0.271 e. The van der Waals surface area contributed by atoms with E-state index in [0.717, 1.165) is 68.8 Å². The fourth-order valence-corrected chi connectivity index (χ4v) is 3.98. The van der Waals surface area contributed by atoms with Crippen molar-refractivity contribution in [3.05, 3.63) is 28.3 Å². The van der Waals surface area contributed by atoms with Gasteiger partial charge in [0, 0.05) is 62.8 Å². The number of aromatic nitrogens is 2. The number of anilines is 1. The molecule has 1 aromatic heterocycles. The molecule has 0 unspecified atom stereocenters. The van der Waals surface area contributed by atoms with Crippen LogP contribution in [0.15, 0.2) is 18.2 Å². The lowest BCUT2D eigenvalue weighted by Crippen LogP contribution is -2.52. The second kappa shape index (κ2) is 6.61. The SMILES string of the molecule is CN1CCN(C2CCN(c3n[nH]c4cc([N+](=O)[O-])ccc34)CC2)CC1. The summed E-state index contributed by atoms with van der Waals surface area (Å²) in [6, 6.07) is 5.58. The van der Waals surface area contributed by atoms with Crippen molar-refractivity contribution in [1.82, 2.24) is 20.0 Å². The Hall–Kier alpha value is -2.19. The zero-order valence-corrected chi connectivity index (χ0v) is 14.5. The highest BCUT2D eigenvalue weighted by molar-refractivity contribution is 5.91. The monoisotopic (exact) mass is 344 g/mol. The molecule has 4 rings (SSSR count). The number of benzene rings is 1. The minimum atomic E-state index is -0.374. The Labute approximate surface area is 146 Å².